The van der Waals surface area contributed by atoms with Crippen molar-refractivity contribution in [3.63, 3.8) is 0 Å². The number of hydrogen-bond donors (Lipinski definition) is 4. The summed E-state index contributed by atoms with van der Waals surface area (Å²) >= 11 is 0. The van der Waals surface area contributed by atoms with E-state index in [-0.39, 0.29) is 16.2 Å². The van der Waals surface area contributed by atoms with Gasteiger partial charge in [0.05, 0.1) is 28.2 Å². The number of H-pyrrole nitrogens is 4. The zero-order valence-electron chi connectivity index (χ0n) is 57.5. The number of benzene rings is 8. The average Bonchev–Trinajstić information content (AvgIpc) is 1.24. The molecule has 0 spiro atoms. The minimum atomic E-state index is -0.0394. The summed E-state index contributed by atoms with van der Waals surface area (Å²) < 4.78 is 7.10. The second-order valence-corrected chi connectivity index (χ2v) is 29.5. The lowest BCUT2D eigenvalue weighted by molar-refractivity contribution is 0.488. The number of aromatic amines is 4. The molecule has 0 saturated carbocycles. The van der Waals surface area contributed by atoms with Crippen molar-refractivity contribution in [3.05, 3.63) is 252 Å². The van der Waals surface area contributed by atoms with Crippen molar-refractivity contribution in [1.82, 2.24) is 59.8 Å². The van der Waals surface area contributed by atoms with Gasteiger partial charge in [0, 0.05) is 82.7 Å². The van der Waals surface area contributed by atoms with Crippen molar-refractivity contribution < 1.29 is 4.74 Å². The van der Waals surface area contributed by atoms with E-state index in [0.29, 0.717) is 57.4 Å². The van der Waals surface area contributed by atoms with Gasteiger partial charge in [0.2, 0.25) is 0 Å². The molecule has 10 heterocycles. The molecule has 0 fully saturated rings. The van der Waals surface area contributed by atoms with Crippen molar-refractivity contribution in [2.75, 3.05) is 0 Å². The minimum Gasteiger partial charge on any atom is -0.457 e. The van der Waals surface area contributed by atoms with Crippen LogP contribution in [0.1, 0.15) is 102 Å². The Balaban J connectivity index is 0.833. The number of rotatable bonds is 6. The molecule has 13 nitrogen and oxygen atoms in total. The largest absolute Gasteiger partial charge is 0.457 e. The number of fused-ring (bicyclic) bond motifs is 28. The Bertz CT molecular complexity index is 6140. The number of hydrogen-bond acceptors (Lipinski definition) is 9. The molecule has 18 rings (SSSR count). The maximum atomic E-state index is 7.10. The second kappa shape index (κ2) is 23.1. The van der Waals surface area contributed by atoms with E-state index in [1.807, 2.05) is 103 Å². The van der Waals surface area contributed by atoms with E-state index >= 15 is 0 Å². The Morgan fingerprint density at radius 1 is 0.267 bits per heavy atom. The highest BCUT2D eigenvalue weighted by molar-refractivity contribution is 6.09. The molecule has 488 valence electrons. The molecule has 4 N–H and O–H groups in total. The molecule has 0 saturated heterocycles. The van der Waals surface area contributed by atoms with Crippen LogP contribution in [-0.4, -0.2) is 59.8 Å². The molecule has 8 aromatic carbocycles. The van der Waals surface area contributed by atoms with Crippen molar-refractivity contribution in [2.45, 2.75) is 78.6 Å². The first-order chi connectivity index (χ1) is 48.9. The first kappa shape index (κ1) is 60.9. The second-order valence-electron chi connectivity index (χ2n) is 29.5. The van der Waals surface area contributed by atoms with Gasteiger partial charge in [0.15, 0.2) is 23.3 Å². The SMILES string of the molecule is CC(C)(C)c1ccc(-c2c3nc(c(-c4ccc(C(C)(C)C)cc4)c4ccc([nH]4)c(-c4ccc(C(C)(C)C)cc4)c4nc(c(-c5ccc(Oc6cccc7c8nc9nc(nc%10[nH]c(nc%11nc(nc([nH]8)c67)-c6ccccc6-%11)c6ccccc%106)-c6ccccc6-9)cc5)c5ccc2[nH]5)C=C4)C=C3)cc1. The number of aromatic nitrogens is 12. The molecule has 0 aliphatic carbocycles. The molecule has 0 unspecified atom stereocenters. The normalized spacial score (nSPS) is 12.7. The molecule has 13 heteroatoms. The summed E-state index contributed by atoms with van der Waals surface area (Å²) in [6.45, 7) is 20.3. The highest BCUT2D eigenvalue weighted by Gasteiger charge is 2.26. The Morgan fingerprint density at radius 3 is 0.931 bits per heavy atom. The van der Waals surface area contributed by atoms with Gasteiger partial charge in [-0.25, -0.2) is 39.9 Å². The number of nitrogens with zero attached hydrogens (tertiary/aromatic N) is 8. The summed E-state index contributed by atoms with van der Waals surface area (Å²) in [6, 6.07) is 74.1. The fraction of sp³-hybridized carbons (Fsp3) is 0.136. The molecule has 16 bridgehead atoms. The van der Waals surface area contributed by atoms with Gasteiger partial charge >= 0.3 is 0 Å². The third-order valence-electron chi connectivity index (χ3n) is 19.8. The lowest BCUT2D eigenvalue weighted by Gasteiger charge is -2.19. The molecule has 0 radical (unpaired) electrons. The minimum absolute atomic E-state index is 0.0191. The van der Waals surface area contributed by atoms with E-state index in [4.69, 9.17) is 44.6 Å². The van der Waals surface area contributed by atoms with Gasteiger partial charge in [-0.15, -0.1) is 0 Å². The predicted octanol–water partition coefficient (Wildman–Crippen LogP) is 22.2. The highest BCUT2D eigenvalue weighted by Crippen LogP contribution is 2.44. The number of ether oxygens (including phenoxy) is 1. The molecule has 0 atom stereocenters. The topological polar surface area (TPSA) is 176 Å². The van der Waals surface area contributed by atoms with Crippen LogP contribution in [0.15, 0.2) is 212 Å². The van der Waals surface area contributed by atoms with Crippen molar-refractivity contribution in [3.8, 4) is 102 Å². The van der Waals surface area contributed by atoms with Crippen LogP contribution in [0.5, 0.6) is 11.5 Å². The monoisotopic (exact) mass is 1310 g/mol. The van der Waals surface area contributed by atoms with Crippen LogP contribution in [0.4, 0.5) is 0 Å². The molecular weight excluding hydrogens is 1240 g/mol. The van der Waals surface area contributed by atoms with Crippen LogP contribution in [0.3, 0.4) is 0 Å². The Kier molecular flexibility index (Phi) is 13.9. The van der Waals surface area contributed by atoms with Crippen molar-refractivity contribution in [2.24, 2.45) is 0 Å². The van der Waals surface area contributed by atoms with E-state index in [1.165, 1.54) is 16.7 Å². The predicted molar refractivity (Wildman–Crippen MR) is 413 cm³/mol. The van der Waals surface area contributed by atoms with Crippen LogP contribution in [-0.2, 0) is 16.2 Å². The molecule has 0 amide bonds. The summed E-state index contributed by atoms with van der Waals surface area (Å²) in [4.78, 5) is 57.8. The highest BCUT2D eigenvalue weighted by atomic mass is 16.5. The van der Waals surface area contributed by atoms with Crippen LogP contribution >= 0.6 is 0 Å². The molecule has 4 aliphatic heterocycles. The van der Waals surface area contributed by atoms with Gasteiger partial charge in [0.1, 0.15) is 34.1 Å². The Labute approximate surface area is 583 Å². The van der Waals surface area contributed by atoms with E-state index in [0.717, 1.165) is 133 Å². The fourth-order valence-corrected chi connectivity index (χ4v) is 14.4. The molecular formula is C88H70N12O. The molecule has 14 aromatic rings. The van der Waals surface area contributed by atoms with E-state index < -0.39 is 0 Å². The van der Waals surface area contributed by atoms with E-state index in [2.05, 4.69) is 216 Å². The summed E-state index contributed by atoms with van der Waals surface area (Å²) in [6.07, 6.45) is 8.63. The summed E-state index contributed by atoms with van der Waals surface area (Å²) in [7, 11) is 0. The van der Waals surface area contributed by atoms with Gasteiger partial charge in [-0.05, 0) is 122 Å². The quantitative estimate of drug-likeness (QED) is 0.126. The van der Waals surface area contributed by atoms with Crippen LogP contribution in [0.2, 0.25) is 0 Å². The maximum absolute atomic E-state index is 7.10. The third kappa shape index (κ3) is 10.7. The van der Waals surface area contributed by atoms with Gasteiger partial charge in [-0.3, -0.25) is 0 Å². The summed E-state index contributed by atoms with van der Waals surface area (Å²) in [5, 5.41) is 3.32. The fourth-order valence-electron chi connectivity index (χ4n) is 14.4. The Hall–Kier alpha value is -12.5. The first-order valence-electron chi connectivity index (χ1n) is 34.4. The van der Waals surface area contributed by atoms with E-state index in [1.54, 1.807) is 0 Å². The molecule has 6 aromatic heterocycles. The van der Waals surface area contributed by atoms with Gasteiger partial charge in [0.25, 0.3) is 0 Å². The van der Waals surface area contributed by atoms with Crippen molar-refractivity contribution in [1.29, 1.82) is 0 Å². The molecule has 4 aliphatic rings. The molecule has 101 heavy (non-hydrogen) atoms. The standard InChI is InChI=1S/C88H70N12O/c1-86(2,3)53-33-25-49(26-34-53)73-64-41-43-66(89-64)74(50-27-35-54(36-28-50)87(4,5)6)68-45-47-70(91-68)76(71-48-46-69(92-71)75(67-44-42-65(73)90-67)51-29-37-55(38-30-51)88(7,8)9)52-31-39-56(40-32-52)101-72-24-16-23-63-77(72)85-99-83-62-22-15-14-21-61(62)81(97-83)95-79-58-18-11-10-17-57(58)78(93-79)94-80-59-19-12-13-20-60(59)82(96-80)98-84(63)100-85/h10-48,89,92H,1-9H3,(H2,93,94,95,96,97,98,99,100). The zero-order chi connectivity index (χ0) is 68.6. The van der Waals surface area contributed by atoms with Crippen LogP contribution < -0.4 is 4.74 Å². The summed E-state index contributed by atoms with van der Waals surface area (Å²) in [5.41, 5.74) is 24.4. The number of nitrogens with one attached hydrogen (secondary N) is 4. The summed E-state index contributed by atoms with van der Waals surface area (Å²) in [5.74, 6) is 3.25. The average molecular weight is 1310 g/mol. The van der Waals surface area contributed by atoms with Crippen LogP contribution in [0.25, 0.3) is 181 Å². The van der Waals surface area contributed by atoms with Crippen molar-refractivity contribution >= 4 is 90.5 Å². The lowest BCUT2D eigenvalue weighted by atomic mass is 9.86. The zero-order valence-corrected chi connectivity index (χ0v) is 57.5. The Morgan fingerprint density at radius 2 is 0.574 bits per heavy atom. The lowest BCUT2D eigenvalue weighted by Crippen LogP contribution is -2.10. The maximum Gasteiger partial charge on any atom is 0.164 e. The van der Waals surface area contributed by atoms with E-state index in [9.17, 15) is 0 Å². The van der Waals surface area contributed by atoms with Gasteiger partial charge in [-0.1, -0.05) is 232 Å². The van der Waals surface area contributed by atoms with Gasteiger partial charge in [-0.2, -0.15) is 0 Å². The van der Waals surface area contributed by atoms with Gasteiger partial charge < -0.3 is 24.7 Å². The first-order valence-corrected chi connectivity index (χ1v) is 34.4. The third-order valence-corrected chi connectivity index (χ3v) is 19.8. The smallest absolute Gasteiger partial charge is 0.164 e. The van der Waals surface area contributed by atoms with Crippen LogP contribution in [0, 0.1) is 0 Å².